The van der Waals surface area contributed by atoms with Gasteiger partial charge in [-0.15, -0.1) is 0 Å². The van der Waals surface area contributed by atoms with Gasteiger partial charge in [0.15, 0.2) is 0 Å². The van der Waals surface area contributed by atoms with Gasteiger partial charge in [0.1, 0.15) is 5.75 Å². The first-order valence-electron chi connectivity index (χ1n) is 7.43. The molecule has 0 saturated carbocycles. The van der Waals surface area contributed by atoms with E-state index in [1.807, 2.05) is 12.1 Å². The van der Waals surface area contributed by atoms with Crippen LogP contribution >= 0.6 is 0 Å². The molecular formula is C18H18N2O. The molecule has 1 heterocycles. The van der Waals surface area contributed by atoms with Gasteiger partial charge in [0.05, 0.1) is 25.1 Å². The molecule has 2 aliphatic rings. The number of rotatable bonds is 2. The molecule has 3 heteroatoms. The maximum Gasteiger partial charge on any atom is 0.119 e. The van der Waals surface area contributed by atoms with Gasteiger partial charge in [-0.25, -0.2) is 0 Å². The molecule has 0 fully saturated rings. The number of ether oxygens (including phenoxy) is 1. The Morgan fingerprint density at radius 1 is 1.10 bits per heavy atom. The Morgan fingerprint density at radius 2 is 1.90 bits per heavy atom. The summed E-state index contributed by atoms with van der Waals surface area (Å²) in [5.74, 6) is 1.44. The lowest BCUT2D eigenvalue weighted by molar-refractivity contribution is 0.415. The molecule has 0 aromatic heterocycles. The van der Waals surface area contributed by atoms with E-state index >= 15 is 0 Å². The minimum Gasteiger partial charge on any atom is -0.497 e. The van der Waals surface area contributed by atoms with E-state index in [9.17, 15) is 0 Å². The van der Waals surface area contributed by atoms with Gasteiger partial charge in [-0.1, -0.05) is 24.3 Å². The van der Waals surface area contributed by atoms with E-state index in [0.717, 1.165) is 24.4 Å². The van der Waals surface area contributed by atoms with Crippen molar-refractivity contribution in [1.82, 2.24) is 0 Å². The maximum absolute atomic E-state index is 5.22. The fourth-order valence-corrected chi connectivity index (χ4v) is 3.28. The summed E-state index contributed by atoms with van der Waals surface area (Å²) < 4.78 is 5.22. The number of hydrogen-bond donors (Lipinski definition) is 0. The maximum atomic E-state index is 5.22. The number of hydrazone groups is 1. The standard InChI is InChI=1S/C18H18N2O/c1-21-16-10-8-15(9-11-16)20-12-14-7-6-13-4-2-3-5-17(13)18(14)19-20/h2-5,8-11,14H,6-7,12H2,1H3/t14-/m0/s1. The largest absolute Gasteiger partial charge is 0.497 e. The molecule has 4 rings (SSSR count). The van der Waals surface area contributed by atoms with Crippen LogP contribution in [-0.2, 0) is 6.42 Å². The van der Waals surface area contributed by atoms with Crippen LogP contribution in [0.15, 0.2) is 53.6 Å². The predicted molar refractivity (Wildman–Crippen MR) is 85.1 cm³/mol. The molecule has 0 radical (unpaired) electrons. The quantitative estimate of drug-likeness (QED) is 0.840. The highest BCUT2D eigenvalue weighted by atomic mass is 16.5. The van der Waals surface area contributed by atoms with E-state index in [1.165, 1.54) is 23.3 Å². The van der Waals surface area contributed by atoms with Crippen LogP contribution in [0.4, 0.5) is 5.69 Å². The van der Waals surface area contributed by atoms with Crippen LogP contribution in [0.3, 0.4) is 0 Å². The van der Waals surface area contributed by atoms with Crippen molar-refractivity contribution >= 4 is 11.4 Å². The van der Waals surface area contributed by atoms with Crippen LogP contribution in [0.5, 0.6) is 5.75 Å². The van der Waals surface area contributed by atoms with Crippen molar-refractivity contribution in [2.45, 2.75) is 12.8 Å². The van der Waals surface area contributed by atoms with Gasteiger partial charge >= 0.3 is 0 Å². The molecule has 21 heavy (non-hydrogen) atoms. The summed E-state index contributed by atoms with van der Waals surface area (Å²) in [6, 6.07) is 16.8. The number of nitrogens with zero attached hydrogens (tertiary/aromatic N) is 2. The van der Waals surface area contributed by atoms with Gasteiger partial charge in [0.2, 0.25) is 0 Å². The average Bonchev–Trinajstić information content (AvgIpc) is 2.99. The summed E-state index contributed by atoms with van der Waals surface area (Å²) >= 11 is 0. The van der Waals surface area contributed by atoms with E-state index in [1.54, 1.807) is 7.11 Å². The van der Waals surface area contributed by atoms with E-state index in [0.29, 0.717) is 5.92 Å². The summed E-state index contributed by atoms with van der Waals surface area (Å²) in [5, 5.41) is 7.01. The molecule has 0 unspecified atom stereocenters. The monoisotopic (exact) mass is 278 g/mol. The Balaban J connectivity index is 1.68. The van der Waals surface area contributed by atoms with Crippen LogP contribution in [-0.4, -0.2) is 19.4 Å². The predicted octanol–water partition coefficient (Wildman–Crippen LogP) is 3.48. The van der Waals surface area contributed by atoms with Gasteiger partial charge in [-0.05, 0) is 42.7 Å². The Bertz CT molecular complexity index is 691. The van der Waals surface area contributed by atoms with Crippen molar-refractivity contribution in [3.05, 3.63) is 59.7 Å². The van der Waals surface area contributed by atoms with Crippen LogP contribution in [0, 0.1) is 5.92 Å². The highest BCUT2D eigenvalue weighted by molar-refractivity contribution is 6.06. The van der Waals surface area contributed by atoms with Gasteiger partial charge in [0.25, 0.3) is 0 Å². The minimum absolute atomic E-state index is 0.557. The normalized spacial score (nSPS) is 19.8. The number of aryl methyl sites for hydroxylation is 1. The zero-order chi connectivity index (χ0) is 14.2. The highest BCUT2D eigenvalue weighted by Gasteiger charge is 2.32. The summed E-state index contributed by atoms with van der Waals surface area (Å²) in [5.41, 5.74) is 5.16. The lowest BCUT2D eigenvalue weighted by Gasteiger charge is -2.21. The van der Waals surface area contributed by atoms with Gasteiger partial charge in [-0.2, -0.15) is 5.10 Å². The summed E-state index contributed by atoms with van der Waals surface area (Å²) in [4.78, 5) is 0. The molecule has 3 nitrogen and oxygen atoms in total. The molecule has 0 saturated heterocycles. The van der Waals surface area contributed by atoms with Gasteiger partial charge < -0.3 is 4.74 Å². The number of benzene rings is 2. The first kappa shape index (κ1) is 12.5. The minimum atomic E-state index is 0.557. The first-order valence-corrected chi connectivity index (χ1v) is 7.43. The Morgan fingerprint density at radius 3 is 2.71 bits per heavy atom. The third-order valence-corrected chi connectivity index (χ3v) is 4.43. The third-order valence-electron chi connectivity index (χ3n) is 4.43. The van der Waals surface area contributed by atoms with Crippen molar-refractivity contribution in [3.63, 3.8) is 0 Å². The Labute approximate surface area is 124 Å². The first-order chi connectivity index (χ1) is 10.3. The summed E-state index contributed by atoms with van der Waals surface area (Å²) in [7, 11) is 1.69. The zero-order valence-corrected chi connectivity index (χ0v) is 12.1. The van der Waals surface area contributed by atoms with Gasteiger partial charge in [0, 0.05) is 11.5 Å². The van der Waals surface area contributed by atoms with Gasteiger partial charge in [-0.3, -0.25) is 5.01 Å². The molecule has 2 aromatic rings. The molecule has 106 valence electrons. The molecule has 1 atom stereocenters. The Hall–Kier alpha value is -2.29. The van der Waals surface area contributed by atoms with Crippen LogP contribution in [0.25, 0.3) is 0 Å². The second-order valence-corrected chi connectivity index (χ2v) is 5.66. The second kappa shape index (κ2) is 4.92. The van der Waals surface area contributed by atoms with E-state index in [4.69, 9.17) is 9.84 Å². The highest BCUT2D eigenvalue weighted by Crippen LogP contribution is 2.33. The van der Waals surface area contributed by atoms with E-state index in [-0.39, 0.29) is 0 Å². The third kappa shape index (κ3) is 2.09. The topological polar surface area (TPSA) is 24.8 Å². The molecule has 0 N–H and O–H groups in total. The van der Waals surface area contributed by atoms with Crippen molar-refractivity contribution in [1.29, 1.82) is 0 Å². The molecule has 2 aromatic carbocycles. The zero-order valence-electron chi connectivity index (χ0n) is 12.1. The second-order valence-electron chi connectivity index (χ2n) is 5.66. The molecular weight excluding hydrogens is 260 g/mol. The van der Waals surface area contributed by atoms with E-state index < -0.39 is 0 Å². The number of hydrogen-bond acceptors (Lipinski definition) is 3. The summed E-state index contributed by atoms with van der Waals surface area (Å²) in [6.07, 6.45) is 2.36. The van der Waals surface area contributed by atoms with Crippen molar-refractivity contribution in [2.24, 2.45) is 11.0 Å². The smallest absolute Gasteiger partial charge is 0.119 e. The molecule has 1 aliphatic carbocycles. The lowest BCUT2D eigenvalue weighted by atomic mass is 9.83. The number of methoxy groups -OCH3 is 1. The van der Waals surface area contributed by atoms with E-state index in [2.05, 4.69) is 41.4 Å². The van der Waals surface area contributed by atoms with Crippen LogP contribution in [0.1, 0.15) is 17.5 Å². The summed E-state index contributed by atoms with van der Waals surface area (Å²) in [6.45, 7) is 0.982. The number of fused-ring (bicyclic) bond motifs is 3. The average molecular weight is 278 g/mol. The molecule has 1 aliphatic heterocycles. The van der Waals surface area contributed by atoms with Crippen LogP contribution < -0.4 is 9.75 Å². The SMILES string of the molecule is COc1ccc(N2C[C@@H]3CCc4ccccc4C3=N2)cc1. The van der Waals surface area contributed by atoms with Crippen molar-refractivity contribution < 1.29 is 4.74 Å². The Kier molecular flexibility index (Phi) is 2.92. The molecule has 0 amide bonds. The fourth-order valence-electron chi connectivity index (χ4n) is 3.28. The number of anilines is 1. The molecule has 0 bridgehead atoms. The fraction of sp³-hybridized carbons (Fsp3) is 0.278. The van der Waals surface area contributed by atoms with Crippen molar-refractivity contribution in [3.8, 4) is 5.75 Å². The van der Waals surface area contributed by atoms with Crippen molar-refractivity contribution in [2.75, 3.05) is 18.7 Å². The lowest BCUT2D eigenvalue weighted by Crippen LogP contribution is -2.24. The molecule has 0 spiro atoms. The van der Waals surface area contributed by atoms with Crippen LogP contribution in [0.2, 0.25) is 0 Å².